The average Bonchev–Trinajstić information content (AvgIpc) is 3.20. The zero-order chi connectivity index (χ0) is 38.1. The summed E-state index contributed by atoms with van der Waals surface area (Å²) >= 11 is 1.28. The van der Waals surface area contributed by atoms with Gasteiger partial charge in [0.05, 0.1) is 70.3 Å². The van der Waals surface area contributed by atoms with Crippen LogP contribution in [0, 0.1) is 10.7 Å². The Morgan fingerprint density at radius 1 is 0.759 bits per heavy atom. The number of nitrogens with zero attached hydrogens (tertiary/aromatic N) is 5. The molecule has 3 heterocycles. The second kappa shape index (κ2) is 25.9. The van der Waals surface area contributed by atoms with Crippen LogP contribution in [0.1, 0.15) is 80.0 Å². The minimum atomic E-state index is -0.334. The van der Waals surface area contributed by atoms with Gasteiger partial charge in [-0.3, -0.25) is 24.2 Å². The number of nitrogens with one attached hydrogen (secondary N) is 1. The van der Waals surface area contributed by atoms with E-state index in [4.69, 9.17) is 24.2 Å². The van der Waals surface area contributed by atoms with Crippen LogP contribution in [0.3, 0.4) is 0 Å². The Balaban J connectivity index is 1.37. The fourth-order valence-corrected chi connectivity index (χ4v) is 6.43. The number of benzene rings is 1. The van der Waals surface area contributed by atoms with Crippen molar-refractivity contribution in [3.63, 3.8) is 0 Å². The molecule has 4 rings (SSSR count). The molecule has 0 radical (unpaired) electrons. The normalized spacial score (nSPS) is 16.6. The number of unbranched alkanes of at least 4 members (excludes halogenated alkanes) is 3. The van der Waals surface area contributed by atoms with E-state index in [2.05, 4.69) is 30.5 Å². The summed E-state index contributed by atoms with van der Waals surface area (Å²) in [5.74, 6) is 0.712. The predicted octanol–water partition coefficient (Wildman–Crippen LogP) is 4.58. The lowest BCUT2D eigenvalue weighted by atomic mass is 9.99. The molecule has 1 aliphatic heterocycles. The monoisotopic (exact) mass is 760 g/mol. The number of carbonyl (C=O) groups is 3. The molecule has 1 fully saturated rings. The van der Waals surface area contributed by atoms with Crippen molar-refractivity contribution in [1.82, 2.24) is 25.1 Å². The summed E-state index contributed by atoms with van der Waals surface area (Å²) in [5, 5.41) is 13.7. The number of carbonyl (C=O) groups excluding carboxylic acids is 3. The number of nitriles is 1. The van der Waals surface area contributed by atoms with Crippen molar-refractivity contribution in [2.75, 3.05) is 91.3 Å². The van der Waals surface area contributed by atoms with E-state index in [1.165, 1.54) is 11.8 Å². The number of aromatic nitrogens is 2. The Kier molecular flexibility index (Phi) is 20.4. The highest BCUT2D eigenvalue weighted by Gasteiger charge is 2.24. The van der Waals surface area contributed by atoms with Crippen LogP contribution in [-0.2, 0) is 25.5 Å². The quantitative estimate of drug-likeness (QED) is 0.131. The van der Waals surface area contributed by atoms with Crippen molar-refractivity contribution >= 4 is 30.2 Å². The molecule has 290 valence electrons. The van der Waals surface area contributed by atoms with Crippen molar-refractivity contribution in [3.8, 4) is 5.40 Å². The topological polar surface area (TPSA) is 156 Å². The first kappa shape index (κ1) is 42.7. The summed E-state index contributed by atoms with van der Waals surface area (Å²) in [6, 6.07) is 18.0. The number of rotatable bonds is 15. The van der Waals surface area contributed by atoms with Crippen molar-refractivity contribution in [1.29, 1.82) is 5.26 Å². The Hall–Kier alpha value is -4.07. The number of amides is 1. The van der Waals surface area contributed by atoms with E-state index < -0.39 is 0 Å². The lowest BCUT2D eigenvalue weighted by Gasteiger charge is -2.32. The van der Waals surface area contributed by atoms with E-state index in [0.29, 0.717) is 115 Å². The second-order valence-electron chi connectivity index (χ2n) is 12.7. The lowest BCUT2D eigenvalue weighted by molar-refractivity contribution is 0.00332. The molecule has 2 aromatic heterocycles. The Morgan fingerprint density at radius 3 is 1.98 bits per heavy atom. The van der Waals surface area contributed by atoms with Gasteiger partial charge in [0, 0.05) is 50.6 Å². The first-order chi connectivity index (χ1) is 26.6. The lowest BCUT2D eigenvalue weighted by Crippen LogP contribution is -2.36. The third kappa shape index (κ3) is 15.7. The van der Waals surface area contributed by atoms with Crippen LogP contribution >= 0.6 is 11.8 Å². The highest BCUT2D eigenvalue weighted by Crippen LogP contribution is 2.28. The molecule has 54 heavy (non-hydrogen) atoms. The largest absolute Gasteiger partial charge is 0.378 e. The maximum atomic E-state index is 12.9. The van der Waals surface area contributed by atoms with Crippen molar-refractivity contribution < 1.29 is 33.3 Å². The predicted molar refractivity (Wildman–Crippen MR) is 207 cm³/mol. The van der Waals surface area contributed by atoms with Gasteiger partial charge in [-0.1, -0.05) is 37.1 Å². The van der Waals surface area contributed by atoms with Crippen LogP contribution in [-0.4, -0.2) is 130 Å². The van der Waals surface area contributed by atoms with Gasteiger partial charge in [-0.25, -0.2) is 9.97 Å². The molecule has 1 N–H and O–H groups in total. The van der Waals surface area contributed by atoms with E-state index in [0.717, 1.165) is 55.3 Å². The third-order valence-corrected chi connectivity index (χ3v) is 9.42. The molecule has 1 amide bonds. The molecule has 1 aliphatic rings. The van der Waals surface area contributed by atoms with E-state index in [-0.39, 0.29) is 11.9 Å². The van der Waals surface area contributed by atoms with Crippen LogP contribution in [0.5, 0.6) is 0 Å². The molecule has 13 nitrogen and oxygen atoms in total. The van der Waals surface area contributed by atoms with Crippen LogP contribution < -0.4 is 5.32 Å². The van der Waals surface area contributed by atoms with E-state index >= 15 is 0 Å². The van der Waals surface area contributed by atoms with Crippen molar-refractivity contribution in [3.05, 3.63) is 94.6 Å². The summed E-state index contributed by atoms with van der Waals surface area (Å²) < 4.78 is 23.9. The number of ether oxygens (including phenoxy) is 4. The van der Waals surface area contributed by atoms with Crippen molar-refractivity contribution in [2.45, 2.75) is 38.3 Å². The molecular formula is C40H52N6O7S. The standard InChI is InChI=1S/C40H52N6O7S/c41-32-54-28-4-2-1-3-15-42-40(49)34-13-11-33(12-14-34)39(38-10-6-9-37(31-48)44-38)46-18-22-52-26-24-50-20-16-45(17-21-51-25-27-53-23-19-46)29-35-7-5-8-36(30-47)43-35/h5-14,30-31,39H,1-4,15-29H2,(H,42,49). The van der Waals surface area contributed by atoms with Crippen molar-refractivity contribution in [2.24, 2.45) is 0 Å². The fourth-order valence-electron chi connectivity index (χ4n) is 5.99. The molecule has 0 saturated carbocycles. The van der Waals surface area contributed by atoms with E-state index in [1.54, 1.807) is 12.1 Å². The maximum Gasteiger partial charge on any atom is 0.251 e. The molecule has 0 aliphatic carbocycles. The number of hydrogen-bond acceptors (Lipinski definition) is 13. The van der Waals surface area contributed by atoms with Gasteiger partial charge in [-0.2, -0.15) is 5.26 Å². The van der Waals surface area contributed by atoms with Gasteiger partial charge in [-0.15, -0.1) is 0 Å². The number of pyridine rings is 2. The minimum absolute atomic E-state index is 0.129. The summed E-state index contributed by atoms with van der Waals surface area (Å²) in [7, 11) is 0. The number of thioether (sulfide) groups is 1. The third-order valence-electron chi connectivity index (χ3n) is 8.80. The first-order valence-corrected chi connectivity index (χ1v) is 19.6. The number of hydrogen-bond donors (Lipinski definition) is 1. The molecule has 1 saturated heterocycles. The van der Waals surface area contributed by atoms with Crippen LogP contribution in [0.15, 0.2) is 60.7 Å². The van der Waals surface area contributed by atoms with Crippen LogP contribution in [0.2, 0.25) is 0 Å². The van der Waals surface area contributed by atoms with Gasteiger partial charge in [0.2, 0.25) is 0 Å². The average molecular weight is 761 g/mol. The summed E-state index contributed by atoms with van der Waals surface area (Å²) in [4.78, 5) is 49.3. The van der Waals surface area contributed by atoms with Gasteiger partial charge in [0.25, 0.3) is 5.91 Å². The second-order valence-corrected chi connectivity index (χ2v) is 13.6. The molecule has 14 heteroatoms. The molecule has 3 aromatic rings. The Morgan fingerprint density at radius 2 is 1.35 bits per heavy atom. The first-order valence-electron chi connectivity index (χ1n) is 18.6. The molecule has 0 spiro atoms. The molecule has 1 aromatic carbocycles. The number of aldehydes is 2. The summed E-state index contributed by atoms with van der Waals surface area (Å²) in [5.41, 5.74) is 3.75. The number of thiocyanates is 1. The maximum absolute atomic E-state index is 12.9. The minimum Gasteiger partial charge on any atom is -0.378 e. The van der Waals surface area contributed by atoms with Gasteiger partial charge in [-0.05, 0) is 66.6 Å². The zero-order valence-electron chi connectivity index (χ0n) is 30.9. The van der Waals surface area contributed by atoms with E-state index in [1.807, 2.05) is 48.5 Å². The summed E-state index contributed by atoms with van der Waals surface area (Å²) in [6.07, 6.45) is 5.41. The van der Waals surface area contributed by atoms with Crippen LogP contribution in [0.4, 0.5) is 0 Å². The van der Waals surface area contributed by atoms with Gasteiger partial charge >= 0.3 is 0 Å². The van der Waals surface area contributed by atoms with Crippen LogP contribution in [0.25, 0.3) is 0 Å². The van der Waals surface area contributed by atoms with Gasteiger partial charge in [0.15, 0.2) is 12.6 Å². The van der Waals surface area contributed by atoms with Gasteiger partial charge < -0.3 is 24.3 Å². The fraction of sp³-hybridized carbons (Fsp3) is 0.500. The molecule has 1 atom stereocenters. The smallest absolute Gasteiger partial charge is 0.251 e. The summed E-state index contributed by atoms with van der Waals surface area (Å²) in [6.45, 7) is 7.18. The Bertz CT molecular complexity index is 1570. The molecule has 1 unspecified atom stereocenters. The SMILES string of the molecule is N#CSCCCCCCNC(=O)c1ccc(C(c2cccc(C=O)n2)N2CCOCCOCCN(Cc3cccc(C=O)n3)CCOCCOCC2)cc1. The van der Waals surface area contributed by atoms with E-state index in [9.17, 15) is 14.4 Å². The Labute approximate surface area is 322 Å². The molecular weight excluding hydrogens is 709 g/mol. The van der Waals surface area contributed by atoms with Gasteiger partial charge in [0.1, 0.15) is 16.8 Å². The highest BCUT2D eigenvalue weighted by molar-refractivity contribution is 8.03. The zero-order valence-corrected chi connectivity index (χ0v) is 31.8. The molecule has 0 bridgehead atoms. The highest BCUT2D eigenvalue weighted by atomic mass is 32.2.